The summed E-state index contributed by atoms with van der Waals surface area (Å²) in [6.07, 6.45) is -0.416. The van der Waals surface area contributed by atoms with Crippen molar-refractivity contribution in [1.29, 1.82) is 5.41 Å². The zero-order valence-electron chi connectivity index (χ0n) is 16.0. The maximum atomic E-state index is 14.3. The van der Waals surface area contributed by atoms with E-state index in [9.17, 15) is 17.6 Å². The first-order chi connectivity index (χ1) is 11.9. The van der Waals surface area contributed by atoms with Gasteiger partial charge in [0.15, 0.2) is 9.84 Å². The average Bonchev–Trinajstić information content (AvgIpc) is 2.60. The third-order valence-electron chi connectivity index (χ3n) is 4.68. The molecule has 0 aromatic heterocycles. The van der Waals surface area contributed by atoms with Crippen molar-refractivity contribution in [2.75, 3.05) is 12.4 Å². The van der Waals surface area contributed by atoms with Crippen LogP contribution in [0.3, 0.4) is 0 Å². The van der Waals surface area contributed by atoms with Crippen molar-refractivity contribution in [2.24, 2.45) is 0 Å². The van der Waals surface area contributed by atoms with Gasteiger partial charge in [-0.05, 0) is 52.3 Å². The Morgan fingerprint density at radius 2 is 1.92 bits per heavy atom. The van der Waals surface area contributed by atoms with E-state index in [-0.39, 0.29) is 23.4 Å². The number of nitrogens with one attached hydrogen (secondary N) is 2. The second-order valence-electron chi connectivity index (χ2n) is 6.63. The fourth-order valence-electron chi connectivity index (χ4n) is 2.49. The molecule has 26 heavy (non-hydrogen) atoms. The minimum absolute atomic E-state index is 0.0511. The molecular formula is C18H27FN2O4S. The van der Waals surface area contributed by atoms with Crippen molar-refractivity contribution < 1.29 is 22.3 Å². The minimum atomic E-state index is -3.89. The van der Waals surface area contributed by atoms with Gasteiger partial charge in [0.2, 0.25) is 0 Å². The maximum absolute atomic E-state index is 14.3. The summed E-state index contributed by atoms with van der Waals surface area (Å²) in [6, 6.07) is 3.79. The van der Waals surface area contributed by atoms with Crippen LogP contribution < -0.4 is 5.32 Å². The third kappa shape index (κ3) is 4.29. The first-order valence-corrected chi connectivity index (χ1v) is 9.89. The highest BCUT2D eigenvalue weighted by molar-refractivity contribution is 7.93. The number of amides is 1. The number of hydrogen-bond acceptors (Lipinski definition) is 5. The van der Waals surface area contributed by atoms with Gasteiger partial charge in [-0.3, -0.25) is 4.79 Å². The van der Waals surface area contributed by atoms with Gasteiger partial charge in [0.25, 0.3) is 5.91 Å². The Labute approximate surface area is 154 Å². The molecule has 2 atom stereocenters. The fraction of sp³-hybridized carbons (Fsp3) is 0.556. The van der Waals surface area contributed by atoms with Crippen LogP contribution in [-0.2, 0) is 19.4 Å². The molecule has 2 unspecified atom stereocenters. The van der Waals surface area contributed by atoms with Crippen LogP contribution >= 0.6 is 0 Å². The summed E-state index contributed by atoms with van der Waals surface area (Å²) >= 11 is 0. The summed E-state index contributed by atoms with van der Waals surface area (Å²) in [4.78, 5) is 11.9. The number of anilines is 1. The van der Waals surface area contributed by atoms with Crippen molar-refractivity contribution >= 4 is 27.1 Å². The van der Waals surface area contributed by atoms with E-state index in [2.05, 4.69) is 5.32 Å². The smallest absolute Gasteiger partial charge is 0.253 e. The Hall–Kier alpha value is -1.80. The molecule has 0 aliphatic carbocycles. The van der Waals surface area contributed by atoms with Crippen molar-refractivity contribution in [3.8, 4) is 0 Å². The van der Waals surface area contributed by atoms with Crippen LogP contribution in [0.4, 0.5) is 10.1 Å². The lowest BCUT2D eigenvalue weighted by atomic mass is 10.1. The van der Waals surface area contributed by atoms with Crippen molar-refractivity contribution in [2.45, 2.75) is 57.1 Å². The zero-order chi connectivity index (χ0) is 20.3. The first kappa shape index (κ1) is 22.2. The monoisotopic (exact) mass is 386 g/mol. The van der Waals surface area contributed by atoms with E-state index < -0.39 is 37.7 Å². The number of hydrogen-bond donors (Lipinski definition) is 2. The summed E-state index contributed by atoms with van der Waals surface area (Å²) < 4.78 is 43.8. The lowest BCUT2D eigenvalue weighted by Gasteiger charge is -2.29. The predicted octanol–water partition coefficient (Wildman–Crippen LogP) is 3.48. The molecule has 0 radical (unpaired) electrons. The number of methoxy groups -OCH3 is 1. The molecule has 2 N–H and O–H groups in total. The predicted molar refractivity (Wildman–Crippen MR) is 101 cm³/mol. The van der Waals surface area contributed by atoms with Gasteiger partial charge in [0, 0.05) is 24.1 Å². The highest BCUT2D eigenvalue weighted by Gasteiger charge is 2.42. The molecule has 1 amide bonds. The zero-order valence-corrected chi connectivity index (χ0v) is 16.8. The van der Waals surface area contributed by atoms with E-state index in [0.717, 1.165) is 6.07 Å². The Balaban J connectivity index is 3.28. The number of carbonyl (C=O) groups is 1. The second kappa shape index (κ2) is 8.26. The van der Waals surface area contributed by atoms with E-state index >= 15 is 0 Å². The Morgan fingerprint density at radius 1 is 1.35 bits per heavy atom. The molecule has 0 aliphatic heterocycles. The van der Waals surface area contributed by atoms with Crippen LogP contribution in [0.5, 0.6) is 0 Å². The van der Waals surface area contributed by atoms with Gasteiger partial charge in [0.05, 0.1) is 5.25 Å². The summed E-state index contributed by atoms with van der Waals surface area (Å²) in [5, 5.41) is 9.36. The SMILES string of the molecule is CCC(=N)C(C)(C)S(=O)(=O)C(C)c1cc(NC(=O)C(C)OC)ccc1F. The third-order valence-corrected chi connectivity index (χ3v) is 7.54. The van der Waals surface area contributed by atoms with Gasteiger partial charge in [0.1, 0.15) is 16.7 Å². The summed E-state index contributed by atoms with van der Waals surface area (Å²) in [6.45, 7) is 7.56. The van der Waals surface area contributed by atoms with E-state index in [0.29, 0.717) is 0 Å². The number of halogens is 1. The molecule has 0 fully saturated rings. The molecule has 0 aliphatic rings. The maximum Gasteiger partial charge on any atom is 0.253 e. The average molecular weight is 386 g/mol. The van der Waals surface area contributed by atoms with Crippen LogP contribution in [0.25, 0.3) is 0 Å². The van der Waals surface area contributed by atoms with Crippen LogP contribution in [0, 0.1) is 11.2 Å². The Morgan fingerprint density at radius 3 is 2.42 bits per heavy atom. The topological polar surface area (TPSA) is 96.3 Å². The van der Waals surface area contributed by atoms with Gasteiger partial charge in [-0.2, -0.15) is 0 Å². The van der Waals surface area contributed by atoms with Gasteiger partial charge in [-0.1, -0.05) is 6.92 Å². The summed E-state index contributed by atoms with van der Waals surface area (Å²) in [5.41, 5.74) is 0.286. The molecule has 0 heterocycles. The number of sulfone groups is 1. The number of benzene rings is 1. The van der Waals surface area contributed by atoms with Gasteiger partial charge in [-0.25, -0.2) is 12.8 Å². The number of carbonyl (C=O) groups excluding carboxylic acids is 1. The molecule has 8 heteroatoms. The van der Waals surface area contributed by atoms with Crippen LogP contribution in [0.1, 0.15) is 51.9 Å². The minimum Gasteiger partial charge on any atom is -0.372 e. The van der Waals surface area contributed by atoms with Gasteiger partial charge >= 0.3 is 0 Å². The fourth-order valence-corrected chi connectivity index (χ4v) is 4.38. The van der Waals surface area contributed by atoms with Crippen molar-refractivity contribution in [3.63, 3.8) is 0 Å². The molecule has 0 spiro atoms. The van der Waals surface area contributed by atoms with Gasteiger partial charge < -0.3 is 15.5 Å². The molecule has 6 nitrogen and oxygen atoms in total. The van der Waals surface area contributed by atoms with E-state index in [1.54, 1.807) is 13.8 Å². The van der Waals surface area contributed by atoms with E-state index in [4.69, 9.17) is 10.1 Å². The molecule has 0 saturated heterocycles. The number of ether oxygens (including phenoxy) is 1. The quantitative estimate of drug-likeness (QED) is 0.669. The molecule has 146 valence electrons. The second-order valence-corrected chi connectivity index (χ2v) is 9.45. The molecular weight excluding hydrogens is 359 g/mol. The Bertz CT molecular complexity index is 790. The van der Waals surface area contributed by atoms with Crippen molar-refractivity contribution in [3.05, 3.63) is 29.6 Å². The highest BCUT2D eigenvalue weighted by Crippen LogP contribution is 2.35. The molecule has 0 saturated carbocycles. The lowest BCUT2D eigenvalue weighted by Crippen LogP contribution is -2.42. The molecule has 1 aromatic rings. The van der Waals surface area contributed by atoms with E-state index in [1.807, 2.05) is 0 Å². The largest absolute Gasteiger partial charge is 0.372 e. The lowest BCUT2D eigenvalue weighted by molar-refractivity contribution is -0.124. The standard InChI is InChI=1S/C18H27FN2O4S/c1-7-16(20)18(4,5)26(23,24)12(3)14-10-13(8-9-15(14)19)21-17(22)11(2)25-6/h8-12,20H,7H2,1-6H3,(H,21,22). The summed E-state index contributed by atoms with van der Waals surface area (Å²) in [5.74, 6) is -1.11. The van der Waals surface area contributed by atoms with Gasteiger partial charge in [-0.15, -0.1) is 0 Å². The summed E-state index contributed by atoms with van der Waals surface area (Å²) in [7, 11) is -2.50. The van der Waals surface area contributed by atoms with E-state index in [1.165, 1.54) is 40.0 Å². The highest BCUT2D eigenvalue weighted by atomic mass is 32.2. The molecule has 0 bridgehead atoms. The molecule has 1 aromatic carbocycles. The first-order valence-electron chi connectivity index (χ1n) is 8.34. The van der Waals surface area contributed by atoms with Crippen LogP contribution in [-0.4, -0.2) is 38.0 Å². The normalized spacial score (nSPS) is 14.6. The van der Waals surface area contributed by atoms with Crippen LogP contribution in [0.15, 0.2) is 18.2 Å². The Kier molecular flexibility index (Phi) is 7.07. The molecule has 1 rings (SSSR count). The van der Waals surface area contributed by atoms with Crippen molar-refractivity contribution in [1.82, 2.24) is 0 Å². The number of rotatable bonds is 8. The van der Waals surface area contributed by atoms with Crippen LogP contribution in [0.2, 0.25) is 0 Å².